The van der Waals surface area contributed by atoms with E-state index in [1.807, 2.05) is 12.1 Å². The number of methoxy groups -OCH3 is 1. The minimum absolute atomic E-state index is 0.0724. The first-order chi connectivity index (χ1) is 11.7. The number of hydrogen-bond donors (Lipinski definition) is 0. The van der Waals surface area contributed by atoms with Crippen LogP contribution < -0.4 is 4.74 Å². The molecular formula is C20H27NO3. The molecule has 0 radical (unpaired) electrons. The molecule has 24 heavy (non-hydrogen) atoms. The van der Waals surface area contributed by atoms with Crippen LogP contribution in [0.4, 0.5) is 0 Å². The van der Waals surface area contributed by atoms with Gasteiger partial charge in [0.1, 0.15) is 5.75 Å². The molecule has 3 aliphatic rings. The predicted octanol–water partition coefficient (Wildman–Crippen LogP) is 3.39. The molecule has 4 rings (SSSR count). The summed E-state index contributed by atoms with van der Waals surface area (Å²) in [5, 5.41) is 0. The van der Waals surface area contributed by atoms with E-state index in [9.17, 15) is 4.79 Å². The molecule has 2 bridgehead atoms. The van der Waals surface area contributed by atoms with Crippen LogP contribution in [0.15, 0.2) is 24.3 Å². The first kappa shape index (κ1) is 15.9. The number of amides is 1. The lowest BCUT2D eigenvalue weighted by atomic mass is 9.87. The zero-order valence-electron chi connectivity index (χ0n) is 14.6. The molecule has 4 atom stereocenters. The standard InChI is InChI=1S/C20H27NO3/c1-13(15-5-6-15)21(12-14-3-7-16(23-2)8-4-14)20(22)18-11-17-9-10-19(18)24-17/h3-4,7-8,13,15,17-19H,5-6,9-12H2,1-2H3/t13-,17+,18+,19+/m0/s1. The van der Waals surface area contributed by atoms with Gasteiger partial charge in [-0.2, -0.15) is 0 Å². The summed E-state index contributed by atoms with van der Waals surface area (Å²) in [6.07, 6.45) is 6.08. The van der Waals surface area contributed by atoms with Crippen LogP contribution in [-0.4, -0.2) is 36.2 Å². The number of ether oxygens (including phenoxy) is 2. The lowest BCUT2D eigenvalue weighted by molar-refractivity contribution is -0.140. The third-order valence-electron chi connectivity index (χ3n) is 6.01. The van der Waals surface area contributed by atoms with Crippen LogP contribution in [-0.2, 0) is 16.1 Å². The SMILES string of the molecule is COc1ccc(CN(C(=O)[C@@H]2C[C@H]3CC[C@H]2O3)[C@@H](C)C2CC2)cc1. The van der Waals surface area contributed by atoms with Gasteiger partial charge in [-0.3, -0.25) is 4.79 Å². The van der Waals surface area contributed by atoms with Crippen LogP contribution in [0, 0.1) is 11.8 Å². The van der Waals surface area contributed by atoms with Gasteiger partial charge in [-0.15, -0.1) is 0 Å². The Labute approximate surface area is 144 Å². The number of benzene rings is 1. The number of carbonyl (C=O) groups excluding carboxylic acids is 1. The third kappa shape index (κ3) is 3.04. The largest absolute Gasteiger partial charge is 0.497 e. The summed E-state index contributed by atoms with van der Waals surface area (Å²) in [4.78, 5) is 15.4. The fourth-order valence-corrected chi connectivity index (χ4v) is 4.29. The van der Waals surface area contributed by atoms with Crippen molar-refractivity contribution >= 4 is 5.91 Å². The molecule has 0 N–H and O–H groups in total. The lowest BCUT2D eigenvalue weighted by Crippen LogP contribution is -2.45. The van der Waals surface area contributed by atoms with E-state index >= 15 is 0 Å². The summed E-state index contributed by atoms with van der Waals surface area (Å²) in [5.41, 5.74) is 1.17. The number of carbonyl (C=O) groups is 1. The molecule has 1 aromatic rings. The molecule has 2 saturated heterocycles. The number of rotatable bonds is 6. The number of fused-ring (bicyclic) bond motifs is 2. The molecule has 2 heterocycles. The van der Waals surface area contributed by atoms with Crippen molar-refractivity contribution in [1.82, 2.24) is 4.90 Å². The fourth-order valence-electron chi connectivity index (χ4n) is 4.29. The molecule has 1 aromatic carbocycles. The summed E-state index contributed by atoms with van der Waals surface area (Å²) in [7, 11) is 1.68. The maximum absolute atomic E-state index is 13.3. The second-order valence-electron chi connectivity index (χ2n) is 7.61. The van der Waals surface area contributed by atoms with Gasteiger partial charge in [-0.25, -0.2) is 0 Å². The van der Waals surface area contributed by atoms with Crippen LogP contribution in [0.1, 0.15) is 44.6 Å². The maximum atomic E-state index is 13.3. The van der Waals surface area contributed by atoms with Gasteiger partial charge in [0.2, 0.25) is 5.91 Å². The Kier molecular flexibility index (Phi) is 4.25. The highest BCUT2D eigenvalue weighted by molar-refractivity contribution is 5.80. The van der Waals surface area contributed by atoms with E-state index in [4.69, 9.17) is 9.47 Å². The molecule has 0 unspecified atom stereocenters. The van der Waals surface area contributed by atoms with E-state index in [1.54, 1.807) is 7.11 Å². The average molecular weight is 329 g/mol. The number of nitrogens with zero attached hydrogens (tertiary/aromatic N) is 1. The van der Waals surface area contributed by atoms with E-state index in [-0.39, 0.29) is 12.0 Å². The van der Waals surface area contributed by atoms with Crippen molar-refractivity contribution in [2.75, 3.05) is 7.11 Å². The minimum Gasteiger partial charge on any atom is -0.497 e. The van der Waals surface area contributed by atoms with E-state index in [2.05, 4.69) is 24.0 Å². The highest BCUT2D eigenvalue weighted by Gasteiger charge is 2.47. The second-order valence-corrected chi connectivity index (χ2v) is 7.61. The zero-order valence-corrected chi connectivity index (χ0v) is 14.6. The maximum Gasteiger partial charge on any atom is 0.228 e. The Morgan fingerprint density at radius 1 is 1.25 bits per heavy atom. The van der Waals surface area contributed by atoms with E-state index in [0.717, 1.165) is 25.0 Å². The molecule has 4 heteroatoms. The Hall–Kier alpha value is -1.55. The van der Waals surface area contributed by atoms with Crippen molar-refractivity contribution in [2.24, 2.45) is 11.8 Å². The third-order valence-corrected chi connectivity index (χ3v) is 6.01. The van der Waals surface area contributed by atoms with Gasteiger partial charge in [0.25, 0.3) is 0 Å². The quantitative estimate of drug-likeness (QED) is 0.803. The lowest BCUT2D eigenvalue weighted by Gasteiger charge is -2.33. The molecule has 1 amide bonds. The Balaban J connectivity index is 1.51. The van der Waals surface area contributed by atoms with Crippen molar-refractivity contribution < 1.29 is 14.3 Å². The highest BCUT2D eigenvalue weighted by atomic mass is 16.5. The Morgan fingerprint density at radius 3 is 2.54 bits per heavy atom. The van der Waals surface area contributed by atoms with Crippen molar-refractivity contribution in [1.29, 1.82) is 0 Å². The van der Waals surface area contributed by atoms with E-state index < -0.39 is 0 Å². The summed E-state index contributed by atoms with van der Waals surface area (Å²) in [5.74, 6) is 1.90. The molecule has 1 saturated carbocycles. The van der Waals surface area contributed by atoms with E-state index in [0.29, 0.717) is 30.5 Å². The molecule has 0 spiro atoms. The van der Waals surface area contributed by atoms with Gasteiger partial charge < -0.3 is 14.4 Å². The van der Waals surface area contributed by atoms with Crippen LogP contribution in [0.3, 0.4) is 0 Å². The summed E-state index contributed by atoms with van der Waals surface area (Å²) in [6.45, 7) is 2.90. The summed E-state index contributed by atoms with van der Waals surface area (Å²) in [6, 6.07) is 8.39. The van der Waals surface area contributed by atoms with E-state index in [1.165, 1.54) is 18.4 Å². The van der Waals surface area contributed by atoms with Crippen molar-refractivity contribution in [3.05, 3.63) is 29.8 Å². The molecule has 130 valence electrons. The minimum atomic E-state index is 0.0724. The molecule has 1 aliphatic carbocycles. The normalized spacial score (nSPS) is 29.5. The predicted molar refractivity (Wildman–Crippen MR) is 91.7 cm³/mol. The molecule has 3 fully saturated rings. The number of hydrogen-bond acceptors (Lipinski definition) is 3. The van der Waals surface area contributed by atoms with Crippen LogP contribution in [0.5, 0.6) is 5.75 Å². The van der Waals surface area contributed by atoms with Gasteiger partial charge in [0.15, 0.2) is 0 Å². The van der Waals surface area contributed by atoms with Gasteiger partial charge in [0, 0.05) is 12.6 Å². The average Bonchev–Trinajstić information content (AvgIpc) is 3.26. The molecule has 4 nitrogen and oxygen atoms in total. The van der Waals surface area contributed by atoms with Crippen LogP contribution in [0.2, 0.25) is 0 Å². The topological polar surface area (TPSA) is 38.8 Å². The van der Waals surface area contributed by atoms with Gasteiger partial charge in [-0.1, -0.05) is 12.1 Å². The summed E-state index contributed by atoms with van der Waals surface area (Å²) < 4.78 is 11.2. The van der Waals surface area contributed by atoms with Gasteiger partial charge >= 0.3 is 0 Å². The first-order valence-corrected chi connectivity index (χ1v) is 9.24. The van der Waals surface area contributed by atoms with Crippen molar-refractivity contribution in [2.45, 2.75) is 63.8 Å². The summed E-state index contributed by atoms with van der Waals surface area (Å²) >= 11 is 0. The highest BCUT2D eigenvalue weighted by Crippen LogP contribution is 2.42. The van der Waals surface area contributed by atoms with Gasteiger partial charge in [0.05, 0.1) is 25.2 Å². The Morgan fingerprint density at radius 2 is 2.00 bits per heavy atom. The van der Waals surface area contributed by atoms with Gasteiger partial charge in [-0.05, 0) is 62.6 Å². The Bertz CT molecular complexity index is 595. The van der Waals surface area contributed by atoms with Crippen molar-refractivity contribution in [3.8, 4) is 5.75 Å². The first-order valence-electron chi connectivity index (χ1n) is 9.24. The van der Waals surface area contributed by atoms with Crippen molar-refractivity contribution in [3.63, 3.8) is 0 Å². The fraction of sp³-hybridized carbons (Fsp3) is 0.650. The second kappa shape index (κ2) is 6.40. The molecule has 0 aromatic heterocycles. The molecule has 2 aliphatic heterocycles. The molecular weight excluding hydrogens is 302 g/mol. The van der Waals surface area contributed by atoms with Crippen LogP contribution in [0.25, 0.3) is 0 Å². The monoisotopic (exact) mass is 329 g/mol. The zero-order chi connectivity index (χ0) is 16.7. The smallest absolute Gasteiger partial charge is 0.228 e. The van der Waals surface area contributed by atoms with Crippen LogP contribution >= 0.6 is 0 Å².